The molecule has 2 rings (SSSR count). The van der Waals surface area contributed by atoms with Crippen LogP contribution in [-0.2, 0) is 4.79 Å². The highest BCUT2D eigenvalue weighted by Gasteiger charge is 2.21. The smallest absolute Gasteiger partial charge is 0.328 e. The van der Waals surface area contributed by atoms with E-state index in [0.29, 0.717) is 24.7 Å². The van der Waals surface area contributed by atoms with Crippen LogP contribution < -0.4 is 14.8 Å². The van der Waals surface area contributed by atoms with E-state index in [1.807, 2.05) is 0 Å². The normalized spacial score (nSPS) is 14.6. The van der Waals surface area contributed by atoms with E-state index in [-0.39, 0.29) is 5.56 Å². The van der Waals surface area contributed by atoms with E-state index in [0.717, 1.165) is 0 Å². The molecule has 102 valence electrons. The van der Waals surface area contributed by atoms with Gasteiger partial charge in [-0.3, -0.25) is 4.79 Å². The number of benzene rings is 1. The van der Waals surface area contributed by atoms with Crippen molar-refractivity contribution in [3.05, 3.63) is 23.8 Å². The molecule has 0 saturated heterocycles. The largest absolute Gasteiger partial charge is 0.486 e. The van der Waals surface area contributed by atoms with Gasteiger partial charge in [0.2, 0.25) is 0 Å². The molecule has 0 spiro atoms. The molecule has 1 aromatic carbocycles. The molecule has 0 bridgehead atoms. The van der Waals surface area contributed by atoms with Gasteiger partial charge in [0.15, 0.2) is 17.5 Å². The van der Waals surface area contributed by atoms with Gasteiger partial charge in [0.25, 0.3) is 5.91 Å². The van der Waals surface area contributed by atoms with Crippen molar-refractivity contribution in [1.82, 2.24) is 5.32 Å². The highest BCUT2D eigenvalue weighted by atomic mass is 16.6. The maximum Gasteiger partial charge on any atom is 0.328 e. The van der Waals surface area contributed by atoms with Crippen LogP contribution in [0.4, 0.5) is 0 Å². The van der Waals surface area contributed by atoms with Crippen molar-refractivity contribution >= 4 is 11.9 Å². The SMILES string of the molecule is O=C(N[C@H](CO)C(=O)O)c1ccc2c(c1)OCCO2. The average Bonchev–Trinajstić information content (AvgIpc) is 2.43. The summed E-state index contributed by atoms with van der Waals surface area (Å²) in [7, 11) is 0. The van der Waals surface area contributed by atoms with E-state index >= 15 is 0 Å². The molecule has 1 atom stereocenters. The predicted octanol–water partition coefficient (Wildman–Crippen LogP) is -0.367. The van der Waals surface area contributed by atoms with Crippen molar-refractivity contribution in [2.24, 2.45) is 0 Å². The summed E-state index contributed by atoms with van der Waals surface area (Å²) < 4.78 is 10.6. The summed E-state index contributed by atoms with van der Waals surface area (Å²) in [4.78, 5) is 22.5. The van der Waals surface area contributed by atoms with Crippen molar-refractivity contribution in [2.45, 2.75) is 6.04 Å². The second-order valence-corrected chi connectivity index (χ2v) is 3.91. The van der Waals surface area contributed by atoms with Crippen molar-refractivity contribution in [2.75, 3.05) is 19.8 Å². The Morgan fingerprint density at radius 2 is 1.95 bits per heavy atom. The fourth-order valence-electron chi connectivity index (χ4n) is 1.61. The first-order valence-corrected chi connectivity index (χ1v) is 5.66. The Balaban J connectivity index is 2.13. The van der Waals surface area contributed by atoms with Crippen LogP contribution in [0.5, 0.6) is 11.5 Å². The number of amides is 1. The van der Waals surface area contributed by atoms with Crippen LogP contribution in [0.15, 0.2) is 18.2 Å². The number of hydrogen-bond acceptors (Lipinski definition) is 5. The first kappa shape index (κ1) is 13.2. The number of ether oxygens (including phenoxy) is 2. The Bertz CT molecular complexity index is 501. The van der Waals surface area contributed by atoms with Gasteiger partial charge in [-0.2, -0.15) is 0 Å². The van der Waals surface area contributed by atoms with Gasteiger partial charge in [0.1, 0.15) is 13.2 Å². The zero-order valence-electron chi connectivity index (χ0n) is 9.96. The van der Waals surface area contributed by atoms with Crippen molar-refractivity contribution in [3.63, 3.8) is 0 Å². The third-order valence-corrected chi connectivity index (χ3v) is 2.59. The number of carbonyl (C=O) groups excluding carboxylic acids is 1. The first-order chi connectivity index (χ1) is 9.11. The van der Waals surface area contributed by atoms with Gasteiger partial charge in [-0.1, -0.05) is 0 Å². The molecule has 0 saturated carbocycles. The van der Waals surface area contributed by atoms with E-state index in [4.69, 9.17) is 19.7 Å². The second-order valence-electron chi connectivity index (χ2n) is 3.91. The lowest BCUT2D eigenvalue weighted by Gasteiger charge is -2.19. The topological polar surface area (TPSA) is 105 Å². The number of hydrogen-bond donors (Lipinski definition) is 3. The monoisotopic (exact) mass is 267 g/mol. The molecule has 19 heavy (non-hydrogen) atoms. The van der Waals surface area contributed by atoms with Crippen LogP contribution in [-0.4, -0.2) is 48.0 Å². The van der Waals surface area contributed by atoms with Crippen LogP contribution in [0.3, 0.4) is 0 Å². The Morgan fingerprint density at radius 1 is 1.26 bits per heavy atom. The summed E-state index contributed by atoms with van der Waals surface area (Å²) in [6.45, 7) is 0.169. The third-order valence-electron chi connectivity index (χ3n) is 2.59. The number of carboxylic acids is 1. The summed E-state index contributed by atoms with van der Waals surface area (Å²) in [6.07, 6.45) is 0. The molecular weight excluding hydrogens is 254 g/mol. The van der Waals surface area contributed by atoms with E-state index < -0.39 is 24.5 Å². The molecule has 1 amide bonds. The third kappa shape index (κ3) is 2.94. The first-order valence-electron chi connectivity index (χ1n) is 5.66. The second kappa shape index (κ2) is 5.57. The molecule has 1 aliphatic rings. The minimum absolute atomic E-state index is 0.240. The number of rotatable bonds is 4. The highest BCUT2D eigenvalue weighted by Crippen LogP contribution is 2.30. The predicted molar refractivity (Wildman–Crippen MR) is 63.4 cm³/mol. The van der Waals surface area contributed by atoms with Gasteiger partial charge in [-0.25, -0.2) is 4.79 Å². The number of nitrogens with one attached hydrogen (secondary N) is 1. The zero-order chi connectivity index (χ0) is 13.8. The van der Waals surface area contributed by atoms with Crippen LogP contribution in [0.1, 0.15) is 10.4 Å². The van der Waals surface area contributed by atoms with Crippen molar-refractivity contribution in [1.29, 1.82) is 0 Å². The lowest BCUT2D eigenvalue weighted by atomic mass is 10.1. The minimum Gasteiger partial charge on any atom is -0.486 e. The number of aliphatic carboxylic acids is 1. The molecule has 0 aromatic heterocycles. The van der Waals surface area contributed by atoms with Crippen molar-refractivity contribution in [3.8, 4) is 11.5 Å². The van der Waals surface area contributed by atoms with Gasteiger partial charge in [0.05, 0.1) is 6.61 Å². The Hall–Kier alpha value is -2.28. The minimum atomic E-state index is -1.33. The van der Waals surface area contributed by atoms with Crippen molar-refractivity contribution < 1.29 is 29.3 Å². The molecule has 7 heteroatoms. The lowest BCUT2D eigenvalue weighted by molar-refractivity contribution is -0.140. The molecule has 3 N–H and O–H groups in total. The van der Waals surface area contributed by atoms with Gasteiger partial charge < -0.3 is 25.0 Å². The molecule has 1 aliphatic heterocycles. The molecule has 1 aromatic rings. The Labute approximate surface area is 108 Å². The number of carboxylic acid groups (broad SMARTS) is 1. The summed E-state index contributed by atoms with van der Waals surface area (Å²) in [6, 6.07) is 3.22. The van der Waals surface area contributed by atoms with Crippen LogP contribution >= 0.6 is 0 Å². The van der Waals surface area contributed by atoms with E-state index in [9.17, 15) is 9.59 Å². The van der Waals surface area contributed by atoms with Gasteiger partial charge in [-0.05, 0) is 18.2 Å². The maximum atomic E-state index is 11.8. The molecule has 0 aliphatic carbocycles. The summed E-state index contributed by atoms with van der Waals surface area (Å²) in [5.41, 5.74) is 0.240. The Kier molecular flexibility index (Phi) is 3.86. The summed E-state index contributed by atoms with van der Waals surface area (Å²) in [5, 5.41) is 19.8. The molecular formula is C12H13NO6. The molecule has 1 heterocycles. The molecule has 0 radical (unpaired) electrons. The summed E-state index contributed by atoms with van der Waals surface area (Å²) >= 11 is 0. The molecule has 0 unspecified atom stereocenters. The standard InChI is InChI=1S/C12H13NO6/c14-6-8(12(16)17)13-11(15)7-1-2-9-10(5-7)19-4-3-18-9/h1-2,5,8,14H,3-4,6H2,(H,13,15)(H,16,17)/t8-/m1/s1. The fraction of sp³-hybridized carbons (Fsp3) is 0.333. The molecule has 0 fully saturated rings. The van der Waals surface area contributed by atoms with Gasteiger partial charge >= 0.3 is 5.97 Å². The molecule has 7 nitrogen and oxygen atoms in total. The number of fused-ring (bicyclic) bond motifs is 1. The van der Waals surface area contributed by atoms with Crippen LogP contribution in [0, 0.1) is 0 Å². The number of aliphatic hydroxyl groups is 1. The van der Waals surface area contributed by atoms with Crippen LogP contribution in [0.25, 0.3) is 0 Å². The zero-order valence-corrected chi connectivity index (χ0v) is 9.96. The van der Waals surface area contributed by atoms with Gasteiger partial charge in [-0.15, -0.1) is 0 Å². The average molecular weight is 267 g/mol. The number of carbonyl (C=O) groups is 2. The summed E-state index contributed by atoms with van der Waals surface area (Å²) in [5.74, 6) is -0.915. The maximum absolute atomic E-state index is 11.8. The van der Waals surface area contributed by atoms with E-state index in [2.05, 4.69) is 5.32 Å². The van der Waals surface area contributed by atoms with E-state index in [1.165, 1.54) is 12.1 Å². The van der Waals surface area contributed by atoms with E-state index in [1.54, 1.807) is 6.07 Å². The van der Waals surface area contributed by atoms with Gasteiger partial charge in [0, 0.05) is 5.56 Å². The fourth-order valence-corrected chi connectivity index (χ4v) is 1.61. The number of aliphatic hydroxyl groups excluding tert-OH is 1. The quantitative estimate of drug-likeness (QED) is 0.687. The lowest BCUT2D eigenvalue weighted by Crippen LogP contribution is -2.43. The van der Waals surface area contributed by atoms with Crippen LogP contribution in [0.2, 0.25) is 0 Å². The Morgan fingerprint density at radius 3 is 2.58 bits per heavy atom. The highest BCUT2D eigenvalue weighted by molar-refractivity contribution is 5.97.